The fourth-order valence-electron chi connectivity index (χ4n) is 1.83. The van der Waals surface area contributed by atoms with Gasteiger partial charge in [-0.2, -0.15) is 5.26 Å². The van der Waals surface area contributed by atoms with Gasteiger partial charge in [-0.15, -0.1) is 0 Å². The number of benzene rings is 1. The normalized spacial score (nSPS) is 10.1. The number of hydrogen-bond donors (Lipinski definition) is 0. The van der Waals surface area contributed by atoms with Crippen molar-refractivity contribution in [3.05, 3.63) is 58.9 Å². The largest absolute Gasteiger partial charge is 0.332 e. The highest BCUT2D eigenvalue weighted by atomic mass is 15.0. The van der Waals surface area contributed by atoms with Crippen molar-refractivity contribution in [3.63, 3.8) is 0 Å². The molecule has 1 aromatic carbocycles. The summed E-state index contributed by atoms with van der Waals surface area (Å²) in [6.45, 7) is 4.90. The summed E-state index contributed by atoms with van der Waals surface area (Å²) in [5, 5.41) is 9.01. The molecule has 0 amide bonds. The Bertz CT molecular complexity index is 544. The first-order valence-corrected chi connectivity index (χ1v) is 5.33. The standard InChI is InChI=1S/C14H14N2/c1-11-5-3-4-6-13(11)10-16-12(2)7-8-14(16)9-15/h3-8H,10H2,1-2H3. The third-order valence-corrected chi connectivity index (χ3v) is 2.90. The van der Waals surface area contributed by atoms with Crippen molar-refractivity contribution in [3.8, 4) is 6.07 Å². The topological polar surface area (TPSA) is 28.7 Å². The van der Waals surface area contributed by atoms with Gasteiger partial charge in [0.25, 0.3) is 0 Å². The van der Waals surface area contributed by atoms with E-state index in [0.29, 0.717) is 0 Å². The average Bonchev–Trinajstić information content (AvgIpc) is 2.63. The molecular weight excluding hydrogens is 196 g/mol. The second-order valence-electron chi connectivity index (χ2n) is 3.98. The molecule has 16 heavy (non-hydrogen) atoms. The lowest BCUT2D eigenvalue weighted by Crippen LogP contribution is -2.05. The Morgan fingerprint density at radius 2 is 1.88 bits per heavy atom. The van der Waals surface area contributed by atoms with Crippen LogP contribution in [0.1, 0.15) is 22.5 Å². The lowest BCUT2D eigenvalue weighted by Gasteiger charge is -2.10. The molecule has 0 bridgehead atoms. The molecule has 0 spiro atoms. The van der Waals surface area contributed by atoms with Crippen molar-refractivity contribution in [2.24, 2.45) is 0 Å². The molecule has 0 aliphatic heterocycles. The first kappa shape index (κ1) is 10.5. The second kappa shape index (κ2) is 4.24. The first-order chi connectivity index (χ1) is 7.72. The fourth-order valence-corrected chi connectivity index (χ4v) is 1.83. The van der Waals surface area contributed by atoms with E-state index in [1.807, 2.05) is 35.8 Å². The minimum absolute atomic E-state index is 0.723. The van der Waals surface area contributed by atoms with Crippen molar-refractivity contribution in [2.45, 2.75) is 20.4 Å². The highest BCUT2D eigenvalue weighted by Crippen LogP contribution is 2.14. The molecule has 0 aliphatic rings. The molecule has 2 aromatic rings. The lowest BCUT2D eigenvalue weighted by molar-refractivity contribution is 0.761. The first-order valence-electron chi connectivity index (χ1n) is 5.33. The van der Waals surface area contributed by atoms with Crippen molar-refractivity contribution in [1.82, 2.24) is 4.57 Å². The summed E-state index contributed by atoms with van der Waals surface area (Å²) in [7, 11) is 0. The van der Waals surface area contributed by atoms with Crippen LogP contribution in [0.2, 0.25) is 0 Å². The number of nitrogens with zero attached hydrogens (tertiary/aromatic N) is 2. The van der Waals surface area contributed by atoms with Crippen molar-refractivity contribution in [1.29, 1.82) is 5.26 Å². The Balaban J connectivity index is 2.38. The van der Waals surface area contributed by atoms with Gasteiger partial charge in [0.2, 0.25) is 0 Å². The number of aryl methyl sites for hydroxylation is 2. The van der Waals surface area contributed by atoms with Gasteiger partial charge in [-0.05, 0) is 37.1 Å². The van der Waals surface area contributed by atoms with Gasteiger partial charge in [0.05, 0.1) is 0 Å². The maximum atomic E-state index is 9.01. The Morgan fingerprint density at radius 1 is 1.12 bits per heavy atom. The quantitative estimate of drug-likeness (QED) is 0.749. The molecule has 0 unspecified atom stereocenters. The van der Waals surface area contributed by atoms with Gasteiger partial charge in [-0.1, -0.05) is 24.3 Å². The van der Waals surface area contributed by atoms with Crippen LogP contribution >= 0.6 is 0 Å². The van der Waals surface area contributed by atoms with E-state index in [4.69, 9.17) is 5.26 Å². The molecule has 0 radical (unpaired) electrons. The molecule has 2 rings (SSSR count). The Morgan fingerprint density at radius 3 is 2.56 bits per heavy atom. The van der Waals surface area contributed by atoms with Gasteiger partial charge in [0.15, 0.2) is 0 Å². The van der Waals surface area contributed by atoms with Gasteiger partial charge < -0.3 is 4.57 Å². The SMILES string of the molecule is Cc1ccccc1Cn1c(C)ccc1C#N. The van der Waals surface area contributed by atoms with E-state index < -0.39 is 0 Å². The number of aromatic nitrogens is 1. The molecule has 0 aliphatic carbocycles. The molecule has 2 heteroatoms. The number of hydrogen-bond acceptors (Lipinski definition) is 1. The van der Waals surface area contributed by atoms with Crippen LogP contribution in [0.25, 0.3) is 0 Å². The summed E-state index contributed by atoms with van der Waals surface area (Å²) in [5.74, 6) is 0. The molecule has 0 atom stereocenters. The summed E-state index contributed by atoms with van der Waals surface area (Å²) in [6, 6.07) is 14.3. The zero-order chi connectivity index (χ0) is 11.5. The summed E-state index contributed by atoms with van der Waals surface area (Å²) >= 11 is 0. The second-order valence-corrected chi connectivity index (χ2v) is 3.98. The predicted molar refractivity (Wildman–Crippen MR) is 64.2 cm³/mol. The van der Waals surface area contributed by atoms with E-state index in [2.05, 4.69) is 25.1 Å². The summed E-state index contributed by atoms with van der Waals surface area (Å²) in [6.07, 6.45) is 0. The van der Waals surface area contributed by atoms with Gasteiger partial charge >= 0.3 is 0 Å². The predicted octanol–water partition coefficient (Wildman–Crippen LogP) is 3.02. The maximum absolute atomic E-state index is 9.01. The van der Waals surface area contributed by atoms with Crippen molar-refractivity contribution >= 4 is 0 Å². The van der Waals surface area contributed by atoms with Gasteiger partial charge in [0, 0.05) is 12.2 Å². The smallest absolute Gasteiger partial charge is 0.120 e. The maximum Gasteiger partial charge on any atom is 0.120 e. The molecular formula is C14H14N2. The molecule has 2 nitrogen and oxygen atoms in total. The Kier molecular flexibility index (Phi) is 2.78. The van der Waals surface area contributed by atoms with Crippen molar-refractivity contribution < 1.29 is 0 Å². The third kappa shape index (κ3) is 1.85. The zero-order valence-corrected chi connectivity index (χ0v) is 9.57. The van der Waals surface area contributed by atoms with Crippen LogP contribution in [0.15, 0.2) is 36.4 Å². The van der Waals surface area contributed by atoms with E-state index in [1.54, 1.807) is 0 Å². The minimum Gasteiger partial charge on any atom is -0.332 e. The Labute approximate surface area is 95.8 Å². The number of rotatable bonds is 2. The van der Waals surface area contributed by atoms with Crippen LogP contribution in [0.5, 0.6) is 0 Å². The third-order valence-electron chi connectivity index (χ3n) is 2.90. The number of nitriles is 1. The van der Waals surface area contributed by atoms with Crippen molar-refractivity contribution in [2.75, 3.05) is 0 Å². The summed E-state index contributed by atoms with van der Waals surface area (Å²) in [5.41, 5.74) is 4.37. The molecule has 0 N–H and O–H groups in total. The summed E-state index contributed by atoms with van der Waals surface area (Å²) in [4.78, 5) is 0. The van der Waals surface area contributed by atoms with Crippen LogP contribution in [0.3, 0.4) is 0 Å². The van der Waals surface area contributed by atoms with Gasteiger partial charge in [-0.25, -0.2) is 0 Å². The minimum atomic E-state index is 0.723. The molecule has 1 aromatic heterocycles. The monoisotopic (exact) mass is 210 g/mol. The molecule has 80 valence electrons. The average molecular weight is 210 g/mol. The van der Waals surface area contributed by atoms with Gasteiger partial charge in [-0.3, -0.25) is 0 Å². The lowest BCUT2D eigenvalue weighted by atomic mass is 10.1. The zero-order valence-electron chi connectivity index (χ0n) is 9.57. The van der Waals surface area contributed by atoms with E-state index in [0.717, 1.165) is 17.9 Å². The fraction of sp³-hybridized carbons (Fsp3) is 0.214. The molecule has 0 fully saturated rings. The van der Waals surface area contributed by atoms with E-state index in [-0.39, 0.29) is 0 Å². The highest BCUT2D eigenvalue weighted by molar-refractivity contribution is 5.31. The highest BCUT2D eigenvalue weighted by Gasteiger charge is 2.05. The van der Waals surface area contributed by atoms with E-state index >= 15 is 0 Å². The van der Waals surface area contributed by atoms with Crippen LogP contribution in [0.4, 0.5) is 0 Å². The van der Waals surface area contributed by atoms with Crippen LogP contribution in [-0.4, -0.2) is 4.57 Å². The van der Waals surface area contributed by atoms with E-state index in [1.165, 1.54) is 11.1 Å². The van der Waals surface area contributed by atoms with Crippen LogP contribution in [-0.2, 0) is 6.54 Å². The summed E-state index contributed by atoms with van der Waals surface area (Å²) < 4.78 is 2.04. The molecule has 0 saturated heterocycles. The Hall–Kier alpha value is -2.01. The van der Waals surface area contributed by atoms with Crippen LogP contribution < -0.4 is 0 Å². The molecule has 0 saturated carbocycles. The van der Waals surface area contributed by atoms with Crippen LogP contribution in [0, 0.1) is 25.2 Å². The van der Waals surface area contributed by atoms with E-state index in [9.17, 15) is 0 Å². The molecule has 1 heterocycles. The van der Waals surface area contributed by atoms with Gasteiger partial charge in [0.1, 0.15) is 11.8 Å².